The minimum Gasteiger partial charge on any atom is -0.481 e. The molecule has 22 heavy (non-hydrogen) atoms. The zero-order valence-electron chi connectivity index (χ0n) is 12.3. The Labute approximate surface area is 128 Å². The normalized spacial score (nSPS) is 21.0. The van der Waals surface area contributed by atoms with Crippen LogP contribution in [0.25, 0.3) is 0 Å². The zero-order chi connectivity index (χ0) is 16.7. The molecular weight excluding hydrogens is 308 g/mol. The van der Waals surface area contributed by atoms with Crippen molar-refractivity contribution >= 4 is 21.9 Å². The van der Waals surface area contributed by atoms with Crippen LogP contribution in [0.15, 0.2) is 17.0 Å². The van der Waals surface area contributed by atoms with Gasteiger partial charge in [-0.2, -0.15) is 0 Å². The molecule has 120 valence electrons. The molecule has 0 saturated heterocycles. The second-order valence-corrected chi connectivity index (χ2v) is 7.17. The fraction of sp³-hybridized carbons (Fsp3) is 0.429. The number of aryl methyl sites for hydroxylation is 1. The van der Waals surface area contributed by atoms with Gasteiger partial charge in [0.25, 0.3) is 5.91 Å². The summed E-state index contributed by atoms with van der Waals surface area (Å²) in [6.45, 7) is 3.32. The molecule has 1 saturated carbocycles. The molecule has 0 atom stereocenters. The highest BCUT2D eigenvalue weighted by molar-refractivity contribution is 7.89. The zero-order valence-corrected chi connectivity index (χ0v) is 13.1. The fourth-order valence-corrected chi connectivity index (χ4v) is 3.34. The van der Waals surface area contributed by atoms with Gasteiger partial charge in [0.05, 0.1) is 10.8 Å². The molecule has 7 nitrogen and oxygen atoms in total. The Balaban J connectivity index is 2.18. The third kappa shape index (κ3) is 3.28. The Kier molecular flexibility index (Phi) is 4.25. The molecule has 0 radical (unpaired) electrons. The molecule has 1 fully saturated rings. The van der Waals surface area contributed by atoms with Crippen molar-refractivity contribution in [2.75, 3.05) is 0 Å². The van der Waals surface area contributed by atoms with Gasteiger partial charge in [0.1, 0.15) is 0 Å². The number of nitrogens with two attached hydrogens (primary N) is 1. The number of rotatable bonds is 4. The first-order valence-electron chi connectivity index (χ1n) is 6.77. The fourth-order valence-electron chi connectivity index (χ4n) is 2.46. The maximum Gasteiger partial charge on any atom is 0.306 e. The van der Waals surface area contributed by atoms with Crippen molar-refractivity contribution in [2.45, 2.75) is 37.6 Å². The second-order valence-electron chi connectivity index (χ2n) is 5.64. The highest BCUT2D eigenvalue weighted by Crippen LogP contribution is 2.28. The van der Waals surface area contributed by atoms with Gasteiger partial charge in [-0.25, -0.2) is 13.6 Å². The quantitative estimate of drug-likeness (QED) is 0.744. The summed E-state index contributed by atoms with van der Waals surface area (Å²) in [5.74, 6) is -1.72. The van der Waals surface area contributed by atoms with Crippen molar-refractivity contribution in [3.8, 4) is 0 Å². The van der Waals surface area contributed by atoms with Crippen LogP contribution >= 0.6 is 0 Å². The standard InChI is InChI=1S/C14H18N2O5S/c1-7-3-9(6-12(8(7)2)22(15,20)21)13(17)16-11-4-10(5-11)14(18)19/h3,6,10-11H,4-5H2,1-2H3,(H,16,17)(H,18,19)(H2,15,20,21). The summed E-state index contributed by atoms with van der Waals surface area (Å²) in [5.41, 5.74) is 1.35. The van der Waals surface area contributed by atoms with Crippen LogP contribution in [-0.4, -0.2) is 31.4 Å². The molecule has 1 aromatic carbocycles. The molecule has 1 aliphatic carbocycles. The van der Waals surface area contributed by atoms with E-state index in [-0.39, 0.29) is 16.5 Å². The van der Waals surface area contributed by atoms with Gasteiger partial charge in [0, 0.05) is 11.6 Å². The molecule has 4 N–H and O–H groups in total. The molecule has 0 heterocycles. The predicted octanol–water partition coefficient (Wildman–Crippen LogP) is 0.544. The van der Waals surface area contributed by atoms with E-state index in [0.717, 1.165) is 0 Å². The van der Waals surface area contributed by atoms with Crippen molar-refractivity contribution in [3.63, 3.8) is 0 Å². The summed E-state index contributed by atoms with van der Waals surface area (Å²) in [6, 6.07) is 2.64. The molecule has 1 aliphatic rings. The number of carbonyl (C=O) groups is 2. The maximum atomic E-state index is 12.2. The van der Waals surface area contributed by atoms with Crippen LogP contribution in [0.3, 0.4) is 0 Å². The number of nitrogens with one attached hydrogen (secondary N) is 1. The molecular formula is C14H18N2O5S. The molecule has 0 aromatic heterocycles. The molecule has 2 rings (SSSR count). The van der Waals surface area contributed by atoms with E-state index in [1.165, 1.54) is 6.07 Å². The summed E-state index contributed by atoms with van der Waals surface area (Å²) in [4.78, 5) is 22.8. The van der Waals surface area contributed by atoms with E-state index in [9.17, 15) is 18.0 Å². The third-order valence-corrected chi connectivity index (χ3v) is 5.05. The van der Waals surface area contributed by atoms with Gasteiger partial charge >= 0.3 is 5.97 Å². The van der Waals surface area contributed by atoms with Crippen LogP contribution in [0.4, 0.5) is 0 Å². The van der Waals surface area contributed by atoms with E-state index in [1.807, 2.05) is 0 Å². The van der Waals surface area contributed by atoms with Gasteiger partial charge in [0.15, 0.2) is 0 Å². The molecule has 1 amide bonds. The average Bonchev–Trinajstić information content (AvgIpc) is 2.34. The highest BCUT2D eigenvalue weighted by atomic mass is 32.2. The Morgan fingerprint density at radius 3 is 2.36 bits per heavy atom. The van der Waals surface area contributed by atoms with E-state index >= 15 is 0 Å². The van der Waals surface area contributed by atoms with Crippen LogP contribution in [0.2, 0.25) is 0 Å². The smallest absolute Gasteiger partial charge is 0.306 e. The maximum absolute atomic E-state index is 12.2. The summed E-state index contributed by atoms with van der Waals surface area (Å²) in [6.07, 6.45) is 0.766. The number of hydrogen-bond donors (Lipinski definition) is 3. The van der Waals surface area contributed by atoms with Crippen LogP contribution in [-0.2, 0) is 14.8 Å². The Morgan fingerprint density at radius 2 is 1.86 bits per heavy atom. The summed E-state index contributed by atoms with van der Waals surface area (Å²) in [7, 11) is -3.91. The Bertz CT molecular complexity index is 736. The van der Waals surface area contributed by atoms with Gasteiger partial charge in [0.2, 0.25) is 10.0 Å². The Hall–Kier alpha value is -1.93. The minimum absolute atomic E-state index is 0.0744. The van der Waals surface area contributed by atoms with Crippen LogP contribution in [0, 0.1) is 19.8 Å². The van der Waals surface area contributed by atoms with Gasteiger partial charge in [-0.1, -0.05) is 0 Å². The lowest BCUT2D eigenvalue weighted by Crippen LogP contribution is -2.46. The van der Waals surface area contributed by atoms with Gasteiger partial charge in [-0.15, -0.1) is 0 Å². The molecule has 8 heteroatoms. The molecule has 0 unspecified atom stereocenters. The number of amides is 1. The lowest BCUT2D eigenvalue weighted by Gasteiger charge is -2.32. The van der Waals surface area contributed by atoms with Crippen LogP contribution in [0.5, 0.6) is 0 Å². The summed E-state index contributed by atoms with van der Waals surface area (Å²) < 4.78 is 23.1. The first kappa shape index (κ1) is 16.4. The number of aliphatic carboxylic acids is 1. The molecule has 0 aliphatic heterocycles. The minimum atomic E-state index is -3.91. The number of hydrogen-bond acceptors (Lipinski definition) is 4. The number of primary sulfonamides is 1. The predicted molar refractivity (Wildman–Crippen MR) is 78.9 cm³/mol. The first-order valence-corrected chi connectivity index (χ1v) is 8.32. The second kappa shape index (κ2) is 5.69. The van der Waals surface area contributed by atoms with Crippen molar-refractivity contribution in [1.82, 2.24) is 5.32 Å². The SMILES string of the molecule is Cc1cc(C(=O)NC2CC(C(=O)O)C2)cc(S(N)(=O)=O)c1C. The molecule has 0 bridgehead atoms. The van der Waals surface area contributed by atoms with E-state index in [1.54, 1.807) is 19.9 Å². The van der Waals surface area contributed by atoms with Gasteiger partial charge in [-0.3, -0.25) is 9.59 Å². The average molecular weight is 326 g/mol. The number of carboxylic acid groups (broad SMARTS) is 1. The Morgan fingerprint density at radius 1 is 1.27 bits per heavy atom. The van der Waals surface area contributed by atoms with Crippen molar-refractivity contribution in [2.24, 2.45) is 11.1 Å². The topological polar surface area (TPSA) is 127 Å². The molecule has 0 spiro atoms. The largest absolute Gasteiger partial charge is 0.481 e. The first-order chi connectivity index (χ1) is 10.1. The number of carboxylic acids is 1. The third-order valence-electron chi connectivity index (χ3n) is 4.01. The van der Waals surface area contributed by atoms with Crippen LogP contribution < -0.4 is 10.5 Å². The lowest BCUT2D eigenvalue weighted by atomic mass is 9.80. The monoisotopic (exact) mass is 326 g/mol. The van der Waals surface area contributed by atoms with E-state index in [4.69, 9.17) is 10.2 Å². The van der Waals surface area contributed by atoms with Gasteiger partial charge < -0.3 is 10.4 Å². The number of benzene rings is 1. The van der Waals surface area contributed by atoms with Crippen molar-refractivity contribution in [3.05, 3.63) is 28.8 Å². The summed E-state index contributed by atoms with van der Waals surface area (Å²) in [5, 5.41) is 16.7. The van der Waals surface area contributed by atoms with Crippen molar-refractivity contribution < 1.29 is 23.1 Å². The van der Waals surface area contributed by atoms with E-state index < -0.39 is 27.8 Å². The summed E-state index contributed by atoms with van der Waals surface area (Å²) >= 11 is 0. The van der Waals surface area contributed by atoms with Crippen LogP contribution in [0.1, 0.15) is 34.3 Å². The highest BCUT2D eigenvalue weighted by Gasteiger charge is 2.35. The number of sulfonamides is 1. The molecule has 1 aromatic rings. The van der Waals surface area contributed by atoms with E-state index in [0.29, 0.717) is 24.0 Å². The lowest BCUT2D eigenvalue weighted by molar-refractivity contribution is -0.145. The van der Waals surface area contributed by atoms with Gasteiger partial charge in [-0.05, 0) is 49.9 Å². The number of carbonyl (C=O) groups excluding carboxylic acids is 1. The van der Waals surface area contributed by atoms with Crippen molar-refractivity contribution in [1.29, 1.82) is 0 Å². The van der Waals surface area contributed by atoms with E-state index in [2.05, 4.69) is 5.32 Å².